The lowest BCUT2D eigenvalue weighted by Crippen LogP contribution is -2.33. The molecular formula is C41H77NO2. The standard InChI is InChI=1S/C41H77NO2/c1-4-6-8-10-12-14-16-18-20-22-24-26-28-30-32-34-37-41(43,44-40-36-39-42-3)38-35-33-31-29-27-25-23-21-19-17-15-13-11-9-7-5-2/h12-15,18-21,42-43H,4-11,16-17,22-40H2,1-3H3/b14-12-,15-13-,20-18-,21-19-. The van der Waals surface area contributed by atoms with Crippen molar-refractivity contribution in [2.45, 2.75) is 193 Å². The number of ether oxygens (including phenoxy) is 1. The summed E-state index contributed by atoms with van der Waals surface area (Å²) in [6.45, 7) is 6.10. The molecule has 258 valence electrons. The molecule has 0 radical (unpaired) electrons. The van der Waals surface area contributed by atoms with E-state index in [1.165, 1.54) is 128 Å². The maximum Gasteiger partial charge on any atom is 0.165 e. The molecule has 0 aliphatic carbocycles. The first-order valence-corrected chi connectivity index (χ1v) is 19.3. The van der Waals surface area contributed by atoms with Gasteiger partial charge in [0.15, 0.2) is 5.79 Å². The van der Waals surface area contributed by atoms with Crippen molar-refractivity contribution in [2.24, 2.45) is 0 Å². The molecule has 0 bridgehead atoms. The summed E-state index contributed by atoms with van der Waals surface area (Å²) in [7, 11) is 1.97. The average Bonchev–Trinajstić information content (AvgIpc) is 3.03. The van der Waals surface area contributed by atoms with Crippen LogP contribution in [-0.4, -0.2) is 31.1 Å². The number of hydrogen-bond donors (Lipinski definition) is 2. The molecule has 0 rings (SSSR count). The molecule has 0 aliphatic rings. The maximum absolute atomic E-state index is 11.3. The number of aliphatic hydroxyl groups is 1. The second-order valence-corrected chi connectivity index (χ2v) is 12.9. The van der Waals surface area contributed by atoms with Gasteiger partial charge < -0.3 is 15.2 Å². The van der Waals surface area contributed by atoms with E-state index >= 15 is 0 Å². The SMILES string of the molecule is CCCCC/C=C\C/C=C\CCCCCCCCC(O)(CCCCCCCC/C=C\C/C=C\CCCCC)OCCCNC. The molecular weight excluding hydrogens is 538 g/mol. The molecule has 0 amide bonds. The third-order valence-electron chi connectivity index (χ3n) is 8.48. The van der Waals surface area contributed by atoms with Crippen molar-refractivity contribution >= 4 is 0 Å². The minimum absolute atomic E-state index is 0.641. The monoisotopic (exact) mass is 616 g/mol. The zero-order valence-corrected chi connectivity index (χ0v) is 30.0. The Labute approximate surface area is 276 Å². The van der Waals surface area contributed by atoms with Crippen LogP contribution in [0.4, 0.5) is 0 Å². The first-order chi connectivity index (χ1) is 21.7. The molecule has 0 fully saturated rings. The van der Waals surface area contributed by atoms with Crippen LogP contribution in [0.15, 0.2) is 48.6 Å². The number of hydrogen-bond acceptors (Lipinski definition) is 3. The van der Waals surface area contributed by atoms with Gasteiger partial charge >= 0.3 is 0 Å². The van der Waals surface area contributed by atoms with Crippen LogP contribution >= 0.6 is 0 Å². The van der Waals surface area contributed by atoms with E-state index < -0.39 is 5.79 Å². The number of rotatable bonds is 35. The molecule has 0 saturated heterocycles. The van der Waals surface area contributed by atoms with Gasteiger partial charge in [-0.2, -0.15) is 0 Å². The first-order valence-electron chi connectivity index (χ1n) is 19.3. The van der Waals surface area contributed by atoms with Gasteiger partial charge in [-0.1, -0.05) is 140 Å². The van der Waals surface area contributed by atoms with Crippen LogP contribution in [0.3, 0.4) is 0 Å². The normalized spacial score (nSPS) is 12.7. The second-order valence-electron chi connectivity index (χ2n) is 12.9. The third kappa shape index (κ3) is 33.7. The fraction of sp³-hybridized carbons (Fsp3) is 0.805. The van der Waals surface area contributed by atoms with Gasteiger partial charge in [-0.15, -0.1) is 0 Å². The van der Waals surface area contributed by atoms with E-state index in [1.54, 1.807) is 0 Å². The predicted molar refractivity (Wildman–Crippen MR) is 197 cm³/mol. The van der Waals surface area contributed by atoms with E-state index in [1.807, 2.05) is 7.05 Å². The molecule has 0 aromatic rings. The van der Waals surface area contributed by atoms with Gasteiger partial charge in [0.05, 0.1) is 6.61 Å². The van der Waals surface area contributed by atoms with E-state index in [4.69, 9.17) is 4.74 Å². The Kier molecular flexibility index (Phi) is 35.4. The Balaban J connectivity index is 3.90. The molecule has 0 spiro atoms. The number of unbranched alkanes of at least 4 members (excludes halogenated alkanes) is 18. The van der Waals surface area contributed by atoms with E-state index in [9.17, 15) is 5.11 Å². The molecule has 0 aliphatic heterocycles. The highest BCUT2D eigenvalue weighted by Crippen LogP contribution is 2.25. The topological polar surface area (TPSA) is 41.5 Å². The highest BCUT2D eigenvalue weighted by atomic mass is 16.6. The quantitative estimate of drug-likeness (QED) is 0.0423. The van der Waals surface area contributed by atoms with Gasteiger partial charge in [-0.25, -0.2) is 0 Å². The van der Waals surface area contributed by atoms with Crippen molar-refractivity contribution in [1.29, 1.82) is 0 Å². The highest BCUT2D eigenvalue weighted by molar-refractivity contribution is 4.93. The summed E-state index contributed by atoms with van der Waals surface area (Å²) >= 11 is 0. The minimum atomic E-state index is -0.932. The van der Waals surface area contributed by atoms with Crippen LogP contribution in [0.1, 0.15) is 187 Å². The fourth-order valence-electron chi connectivity index (χ4n) is 5.56. The van der Waals surface area contributed by atoms with Crippen LogP contribution < -0.4 is 5.32 Å². The largest absolute Gasteiger partial charge is 0.365 e. The van der Waals surface area contributed by atoms with E-state index in [2.05, 4.69) is 67.8 Å². The number of nitrogens with one attached hydrogen (secondary N) is 1. The van der Waals surface area contributed by atoms with Crippen molar-refractivity contribution in [3.8, 4) is 0 Å². The van der Waals surface area contributed by atoms with E-state index in [0.717, 1.165) is 51.5 Å². The Morgan fingerprint density at radius 2 is 0.841 bits per heavy atom. The van der Waals surface area contributed by atoms with Gasteiger partial charge in [-0.3, -0.25) is 0 Å². The highest BCUT2D eigenvalue weighted by Gasteiger charge is 2.26. The van der Waals surface area contributed by atoms with Crippen molar-refractivity contribution in [3.63, 3.8) is 0 Å². The maximum atomic E-state index is 11.3. The molecule has 0 aromatic heterocycles. The molecule has 0 unspecified atom stereocenters. The van der Waals surface area contributed by atoms with Gasteiger partial charge in [0.2, 0.25) is 0 Å². The zero-order chi connectivity index (χ0) is 32.1. The fourth-order valence-corrected chi connectivity index (χ4v) is 5.56. The third-order valence-corrected chi connectivity index (χ3v) is 8.48. The van der Waals surface area contributed by atoms with Crippen LogP contribution in [0.2, 0.25) is 0 Å². The zero-order valence-electron chi connectivity index (χ0n) is 30.0. The second kappa shape index (κ2) is 36.3. The van der Waals surface area contributed by atoms with E-state index in [-0.39, 0.29) is 0 Å². The van der Waals surface area contributed by atoms with Gasteiger partial charge in [0.1, 0.15) is 0 Å². The average molecular weight is 616 g/mol. The summed E-state index contributed by atoms with van der Waals surface area (Å²) in [6, 6.07) is 0. The van der Waals surface area contributed by atoms with Gasteiger partial charge in [0, 0.05) is 12.8 Å². The van der Waals surface area contributed by atoms with Gasteiger partial charge in [0.25, 0.3) is 0 Å². The van der Waals surface area contributed by atoms with Crippen LogP contribution in [0, 0.1) is 0 Å². The van der Waals surface area contributed by atoms with Gasteiger partial charge in [-0.05, 0) is 97.1 Å². The van der Waals surface area contributed by atoms with Crippen molar-refractivity contribution in [3.05, 3.63) is 48.6 Å². The van der Waals surface area contributed by atoms with E-state index in [0.29, 0.717) is 6.61 Å². The molecule has 44 heavy (non-hydrogen) atoms. The first kappa shape index (κ1) is 42.8. The molecule has 0 saturated carbocycles. The summed E-state index contributed by atoms with van der Waals surface area (Å²) in [5.74, 6) is -0.932. The Hall–Kier alpha value is -1.16. The minimum Gasteiger partial charge on any atom is -0.365 e. The van der Waals surface area contributed by atoms with Crippen molar-refractivity contribution < 1.29 is 9.84 Å². The lowest BCUT2D eigenvalue weighted by molar-refractivity contribution is -0.213. The molecule has 0 aromatic carbocycles. The lowest BCUT2D eigenvalue weighted by atomic mass is 9.98. The number of allylic oxidation sites excluding steroid dienone is 8. The predicted octanol–water partition coefficient (Wildman–Crippen LogP) is 12.7. The van der Waals surface area contributed by atoms with Crippen LogP contribution in [-0.2, 0) is 4.74 Å². The summed E-state index contributed by atoms with van der Waals surface area (Å²) in [6.07, 6.45) is 51.1. The Morgan fingerprint density at radius 3 is 1.23 bits per heavy atom. The van der Waals surface area contributed by atoms with Crippen molar-refractivity contribution in [1.82, 2.24) is 5.32 Å². The smallest absolute Gasteiger partial charge is 0.165 e. The van der Waals surface area contributed by atoms with Crippen LogP contribution in [0.5, 0.6) is 0 Å². The van der Waals surface area contributed by atoms with Crippen LogP contribution in [0.25, 0.3) is 0 Å². The molecule has 2 N–H and O–H groups in total. The summed E-state index contributed by atoms with van der Waals surface area (Å²) in [4.78, 5) is 0. The molecule has 3 nitrogen and oxygen atoms in total. The molecule has 3 heteroatoms. The molecule has 0 heterocycles. The Morgan fingerprint density at radius 1 is 0.477 bits per heavy atom. The summed E-state index contributed by atoms with van der Waals surface area (Å²) in [5, 5.41) is 14.5. The van der Waals surface area contributed by atoms with Crippen molar-refractivity contribution in [2.75, 3.05) is 20.2 Å². The lowest BCUT2D eigenvalue weighted by Gasteiger charge is -2.29. The summed E-state index contributed by atoms with van der Waals surface area (Å²) < 4.78 is 6.07. The Bertz CT molecular complexity index is 618. The molecule has 0 atom stereocenters. The summed E-state index contributed by atoms with van der Waals surface area (Å²) in [5.41, 5.74) is 0.